The third-order valence-electron chi connectivity index (χ3n) is 4.23. The SMILES string of the molecule is CC1CC(C(=O)O)CN(Cc2ccc(-c3cccc(Cl)c3)s2)C1. The van der Waals surface area contributed by atoms with Gasteiger partial charge in [-0.15, -0.1) is 11.3 Å². The zero-order valence-electron chi connectivity index (χ0n) is 13.0. The maximum Gasteiger partial charge on any atom is 0.307 e. The van der Waals surface area contributed by atoms with Crippen LogP contribution in [-0.2, 0) is 11.3 Å². The van der Waals surface area contributed by atoms with Gasteiger partial charge < -0.3 is 5.11 Å². The molecule has 2 atom stereocenters. The summed E-state index contributed by atoms with van der Waals surface area (Å²) in [6, 6.07) is 12.1. The third-order valence-corrected chi connectivity index (χ3v) is 5.59. The molecule has 23 heavy (non-hydrogen) atoms. The standard InChI is InChI=1S/C18H20ClNO2S/c1-12-7-14(18(21)22)10-20(9-12)11-16-5-6-17(23-16)13-3-2-4-15(19)8-13/h2-6,8,12,14H,7,9-11H2,1H3,(H,21,22). The monoisotopic (exact) mass is 349 g/mol. The molecule has 122 valence electrons. The van der Waals surface area contributed by atoms with Crippen LogP contribution in [0.2, 0.25) is 5.02 Å². The van der Waals surface area contributed by atoms with E-state index in [0.717, 1.165) is 30.1 Å². The second kappa shape index (κ2) is 7.04. The second-order valence-electron chi connectivity index (χ2n) is 6.35. The molecule has 1 fully saturated rings. The van der Waals surface area contributed by atoms with E-state index < -0.39 is 5.97 Å². The highest BCUT2D eigenvalue weighted by molar-refractivity contribution is 7.15. The summed E-state index contributed by atoms with van der Waals surface area (Å²) in [5.74, 6) is -0.490. The van der Waals surface area contributed by atoms with E-state index in [1.165, 1.54) is 9.75 Å². The molecule has 0 spiro atoms. The normalized spacial score (nSPS) is 22.2. The van der Waals surface area contributed by atoms with Gasteiger partial charge in [0.05, 0.1) is 5.92 Å². The highest BCUT2D eigenvalue weighted by atomic mass is 35.5. The molecule has 0 radical (unpaired) electrons. The molecule has 1 aromatic carbocycles. The van der Waals surface area contributed by atoms with Crippen molar-refractivity contribution in [3.05, 3.63) is 46.3 Å². The number of likely N-dealkylation sites (tertiary alicyclic amines) is 1. The van der Waals surface area contributed by atoms with Crippen LogP contribution < -0.4 is 0 Å². The molecule has 0 bridgehead atoms. The second-order valence-corrected chi connectivity index (χ2v) is 7.95. The summed E-state index contributed by atoms with van der Waals surface area (Å²) >= 11 is 7.81. The van der Waals surface area contributed by atoms with Crippen molar-refractivity contribution in [1.82, 2.24) is 4.90 Å². The molecule has 1 aromatic heterocycles. The molecule has 1 saturated heterocycles. The number of benzene rings is 1. The Hall–Kier alpha value is -1.36. The van der Waals surface area contributed by atoms with Crippen LogP contribution >= 0.6 is 22.9 Å². The van der Waals surface area contributed by atoms with Gasteiger partial charge in [-0.3, -0.25) is 9.69 Å². The number of hydrogen-bond acceptors (Lipinski definition) is 3. The molecule has 1 aliphatic heterocycles. The van der Waals surface area contributed by atoms with Crippen molar-refractivity contribution in [2.75, 3.05) is 13.1 Å². The smallest absolute Gasteiger partial charge is 0.307 e. The number of rotatable bonds is 4. The maximum atomic E-state index is 11.3. The molecule has 3 rings (SSSR count). The minimum absolute atomic E-state index is 0.244. The topological polar surface area (TPSA) is 40.5 Å². The first-order valence-corrected chi connectivity index (χ1v) is 9.00. The van der Waals surface area contributed by atoms with Crippen LogP contribution in [0.5, 0.6) is 0 Å². The van der Waals surface area contributed by atoms with Crippen LogP contribution in [0.4, 0.5) is 0 Å². The van der Waals surface area contributed by atoms with Crippen LogP contribution in [0.15, 0.2) is 36.4 Å². The number of aliphatic carboxylic acids is 1. The summed E-state index contributed by atoms with van der Waals surface area (Å²) in [4.78, 5) is 16.0. The first kappa shape index (κ1) is 16.5. The van der Waals surface area contributed by atoms with Crippen molar-refractivity contribution in [1.29, 1.82) is 0 Å². The quantitative estimate of drug-likeness (QED) is 0.876. The van der Waals surface area contributed by atoms with E-state index in [4.69, 9.17) is 11.6 Å². The minimum atomic E-state index is -0.674. The lowest BCUT2D eigenvalue weighted by Crippen LogP contribution is -2.41. The van der Waals surface area contributed by atoms with Crippen LogP contribution in [0, 0.1) is 11.8 Å². The minimum Gasteiger partial charge on any atom is -0.481 e. The van der Waals surface area contributed by atoms with Gasteiger partial charge in [-0.05, 0) is 42.2 Å². The van der Waals surface area contributed by atoms with E-state index in [0.29, 0.717) is 12.5 Å². The van der Waals surface area contributed by atoms with E-state index in [1.807, 2.05) is 18.2 Å². The van der Waals surface area contributed by atoms with Gasteiger partial charge in [0.15, 0.2) is 0 Å². The Morgan fingerprint density at radius 2 is 2.17 bits per heavy atom. The number of carbonyl (C=O) groups is 1. The molecule has 3 nitrogen and oxygen atoms in total. The van der Waals surface area contributed by atoms with Gasteiger partial charge >= 0.3 is 5.97 Å². The zero-order valence-corrected chi connectivity index (χ0v) is 14.6. The molecule has 0 aliphatic carbocycles. The van der Waals surface area contributed by atoms with Crippen molar-refractivity contribution in [2.24, 2.45) is 11.8 Å². The average Bonchev–Trinajstić information content (AvgIpc) is 2.95. The summed E-state index contributed by atoms with van der Waals surface area (Å²) in [5, 5.41) is 10.0. The van der Waals surface area contributed by atoms with E-state index in [2.05, 4.69) is 30.0 Å². The fourth-order valence-electron chi connectivity index (χ4n) is 3.25. The van der Waals surface area contributed by atoms with Crippen molar-refractivity contribution < 1.29 is 9.90 Å². The number of nitrogens with zero attached hydrogens (tertiary/aromatic N) is 1. The Labute approximate surface area is 145 Å². The van der Waals surface area contributed by atoms with Gasteiger partial charge in [0.2, 0.25) is 0 Å². The van der Waals surface area contributed by atoms with Crippen molar-refractivity contribution in [2.45, 2.75) is 19.9 Å². The van der Waals surface area contributed by atoms with Gasteiger partial charge in [0.25, 0.3) is 0 Å². The molecule has 1 aliphatic rings. The van der Waals surface area contributed by atoms with E-state index >= 15 is 0 Å². The predicted octanol–water partition coefficient (Wildman–Crippen LogP) is 4.61. The fourth-order valence-corrected chi connectivity index (χ4v) is 4.49. The third kappa shape index (κ3) is 4.14. The Balaban J connectivity index is 1.70. The lowest BCUT2D eigenvalue weighted by molar-refractivity contribution is -0.144. The molecular weight excluding hydrogens is 330 g/mol. The first-order chi connectivity index (χ1) is 11.0. The highest BCUT2D eigenvalue weighted by Gasteiger charge is 2.29. The molecule has 0 saturated carbocycles. The molecule has 2 heterocycles. The van der Waals surface area contributed by atoms with E-state index in [1.54, 1.807) is 11.3 Å². The predicted molar refractivity (Wildman–Crippen MR) is 94.9 cm³/mol. The lowest BCUT2D eigenvalue weighted by atomic mass is 9.90. The molecule has 2 aromatic rings. The van der Waals surface area contributed by atoms with Crippen molar-refractivity contribution >= 4 is 28.9 Å². The van der Waals surface area contributed by atoms with Gasteiger partial charge in [-0.25, -0.2) is 0 Å². The lowest BCUT2D eigenvalue weighted by Gasteiger charge is -2.34. The van der Waals surface area contributed by atoms with Crippen LogP contribution in [-0.4, -0.2) is 29.1 Å². The Morgan fingerprint density at radius 1 is 1.35 bits per heavy atom. The number of piperidine rings is 1. The number of halogens is 1. The van der Waals surface area contributed by atoms with Crippen molar-refractivity contribution in [3.8, 4) is 10.4 Å². The Morgan fingerprint density at radius 3 is 2.91 bits per heavy atom. The highest BCUT2D eigenvalue weighted by Crippen LogP contribution is 2.31. The average molecular weight is 350 g/mol. The molecule has 1 N–H and O–H groups in total. The Bertz CT molecular complexity index is 700. The molecule has 0 amide bonds. The maximum absolute atomic E-state index is 11.3. The summed E-state index contributed by atoms with van der Waals surface area (Å²) < 4.78 is 0. The fraction of sp³-hybridized carbons (Fsp3) is 0.389. The number of thiophene rings is 1. The number of hydrogen-bond donors (Lipinski definition) is 1. The largest absolute Gasteiger partial charge is 0.481 e. The Kier molecular flexibility index (Phi) is 5.05. The van der Waals surface area contributed by atoms with Crippen LogP contribution in [0.3, 0.4) is 0 Å². The number of carboxylic acids is 1. The van der Waals surface area contributed by atoms with Gasteiger partial charge in [0.1, 0.15) is 0 Å². The molecule has 2 unspecified atom stereocenters. The molecular formula is C18H20ClNO2S. The first-order valence-electron chi connectivity index (χ1n) is 7.81. The van der Waals surface area contributed by atoms with E-state index in [-0.39, 0.29) is 5.92 Å². The van der Waals surface area contributed by atoms with Gasteiger partial charge in [-0.1, -0.05) is 30.7 Å². The summed E-state index contributed by atoms with van der Waals surface area (Å²) in [6.07, 6.45) is 0.782. The zero-order chi connectivity index (χ0) is 16.4. The van der Waals surface area contributed by atoms with Gasteiger partial charge in [-0.2, -0.15) is 0 Å². The van der Waals surface area contributed by atoms with Crippen LogP contribution in [0.1, 0.15) is 18.2 Å². The van der Waals surface area contributed by atoms with Crippen molar-refractivity contribution in [3.63, 3.8) is 0 Å². The summed E-state index contributed by atoms with van der Waals surface area (Å²) in [7, 11) is 0. The van der Waals surface area contributed by atoms with Gasteiger partial charge in [0, 0.05) is 34.4 Å². The van der Waals surface area contributed by atoms with Crippen LogP contribution in [0.25, 0.3) is 10.4 Å². The van der Waals surface area contributed by atoms with E-state index in [9.17, 15) is 9.90 Å². The number of carboxylic acid groups (broad SMARTS) is 1. The summed E-state index contributed by atoms with van der Waals surface area (Å²) in [5.41, 5.74) is 1.13. The summed E-state index contributed by atoms with van der Waals surface area (Å²) in [6.45, 7) is 4.56. The molecule has 5 heteroatoms.